The van der Waals surface area contributed by atoms with Crippen LogP contribution in [0, 0.1) is 29.1 Å². The van der Waals surface area contributed by atoms with E-state index in [1.165, 1.54) is 22.4 Å². The Bertz CT molecular complexity index is 1390. The van der Waals surface area contributed by atoms with E-state index in [1.54, 1.807) is 5.57 Å². The molecule has 0 saturated heterocycles. The van der Waals surface area contributed by atoms with Crippen LogP contribution in [-0.4, -0.2) is 50.1 Å². The molecule has 210 valence electrons. The third kappa shape index (κ3) is 4.48. The number of aliphatic hydroxyl groups is 2. The number of benzene rings is 2. The summed E-state index contributed by atoms with van der Waals surface area (Å²) in [6.45, 7) is 2.33. The molecular formula is C36H44N2O2. The number of nitrogens with zero attached hydrogens (tertiary/aromatic N) is 2. The van der Waals surface area contributed by atoms with Crippen LogP contribution >= 0.6 is 0 Å². The lowest BCUT2D eigenvalue weighted by Crippen LogP contribution is -2.51. The van der Waals surface area contributed by atoms with Crippen molar-refractivity contribution in [1.29, 1.82) is 0 Å². The molecule has 4 nitrogen and oxygen atoms in total. The highest BCUT2D eigenvalue weighted by atomic mass is 16.3. The number of hydrogen-bond acceptors (Lipinski definition) is 4. The molecule has 2 N–H and O–H groups in total. The molecule has 0 unspecified atom stereocenters. The second kappa shape index (κ2) is 10.1. The highest BCUT2D eigenvalue weighted by Crippen LogP contribution is 2.66. The molecule has 6 rings (SSSR count). The maximum Gasteiger partial charge on any atom is 0.131 e. The topological polar surface area (TPSA) is 46.9 Å². The first kappa shape index (κ1) is 27.2. The first-order chi connectivity index (χ1) is 19.1. The number of hydrogen-bond donors (Lipinski definition) is 2. The Morgan fingerprint density at radius 3 is 2.15 bits per heavy atom. The number of rotatable bonds is 3. The Morgan fingerprint density at radius 1 is 0.850 bits per heavy atom. The molecule has 0 bridgehead atoms. The zero-order chi connectivity index (χ0) is 28.2. The molecule has 2 aromatic carbocycles. The highest BCUT2D eigenvalue weighted by molar-refractivity contribution is 5.53. The smallest absolute Gasteiger partial charge is 0.131 e. The van der Waals surface area contributed by atoms with Gasteiger partial charge in [-0.1, -0.05) is 42.5 Å². The standard InChI is InChI=1S/C36H44N2O2/c1-35-23-32(25-8-13-28(14-9-25)38(4)5)34-30-17-15-29(39)22-26(30)10-16-31(34)33(35)19-21-36(35,40)20-18-24-6-11-27(12-7-24)37(2)3/h6-9,11-14,22,29,31-33,39-40H,10,15-17,19,21,23H2,1-5H3/t29-,31+,32-,33+,35+,36+/m1/s1. The number of fused-ring (bicyclic) bond motifs is 4. The third-order valence-corrected chi connectivity index (χ3v) is 10.6. The van der Waals surface area contributed by atoms with E-state index in [1.807, 2.05) is 14.1 Å². The molecule has 0 amide bonds. The van der Waals surface area contributed by atoms with Crippen LogP contribution in [0.15, 0.2) is 71.3 Å². The molecule has 6 atom stereocenters. The van der Waals surface area contributed by atoms with Crippen LogP contribution in [-0.2, 0) is 0 Å². The Morgan fingerprint density at radius 2 is 1.50 bits per heavy atom. The zero-order valence-electron chi connectivity index (χ0n) is 24.7. The monoisotopic (exact) mass is 536 g/mol. The van der Waals surface area contributed by atoms with Crippen LogP contribution < -0.4 is 9.80 Å². The summed E-state index contributed by atoms with van der Waals surface area (Å²) in [4.78, 5) is 4.23. The predicted octanol–water partition coefficient (Wildman–Crippen LogP) is 6.29. The summed E-state index contributed by atoms with van der Waals surface area (Å²) in [7, 11) is 8.25. The van der Waals surface area contributed by atoms with Gasteiger partial charge in [-0.2, -0.15) is 0 Å². The predicted molar refractivity (Wildman–Crippen MR) is 165 cm³/mol. The minimum Gasteiger partial charge on any atom is -0.389 e. The van der Waals surface area contributed by atoms with Gasteiger partial charge in [-0.15, -0.1) is 0 Å². The van der Waals surface area contributed by atoms with Gasteiger partial charge >= 0.3 is 0 Å². The zero-order valence-corrected chi connectivity index (χ0v) is 24.7. The van der Waals surface area contributed by atoms with Crippen molar-refractivity contribution in [3.63, 3.8) is 0 Å². The van der Waals surface area contributed by atoms with E-state index >= 15 is 0 Å². The number of anilines is 2. The van der Waals surface area contributed by atoms with Gasteiger partial charge in [-0.25, -0.2) is 0 Å². The fourth-order valence-corrected chi connectivity index (χ4v) is 8.31. The van der Waals surface area contributed by atoms with Crippen LogP contribution in [0.1, 0.15) is 68.9 Å². The molecule has 0 heterocycles. The van der Waals surface area contributed by atoms with E-state index in [9.17, 15) is 10.2 Å². The Balaban J connectivity index is 1.42. The minimum absolute atomic E-state index is 0.252. The van der Waals surface area contributed by atoms with Gasteiger partial charge in [0.15, 0.2) is 0 Å². The van der Waals surface area contributed by atoms with Crippen LogP contribution in [0.4, 0.5) is 11.4 Å². The van der Waals surface area contributed by atoms with Crippen LogP contribution in [0.25, 0.3) is 0 Å². The summed E-state index contributed by atoms with van der Waals surface area (Å²) in [5.74, 6) is 7.94. The van der Waals surface area contributed by atoms with Gasteiger partial charge < -0.3 is 20.0 Å². The molecular weight excluding hydrogens is 492 g/mol. The number of allylic oxidation sites excluding steroid dienone is 3. The van der Waals surface area contributed by atoms with Crippen molar-refractivity contribution in [1.82, 2.24) is 0 Å². The molecule has 0 spiro atoms. The summed E-state index contributed by atoms with van der Waals surface area (Å²) in [6.07, 6.45) is 8.34. The first-order valence-corrected chi connectivity index (χ1v) is 15.0. The van der Waals surface area contributed by atoms with Gasteiger partial charge in [0.1, 0.15) is 5.60 Å². The highest BCUT2D eigenvalue weighted by Gasteiger charge is 2.62. The second-order valence-electron chi connectivity index (χ2n) is 13.2. The molecule has 4 aliphatic rings. The SMILES string of the molecule is CN(C)c1ccc(C#C[C@]2(O)CC[C@H]3[C@@H]4CCC5=C[C@H](O)CCC5=C4[C@@H](c4ccc(N(C)C)cc4)C[C@@]32C)cc1. The van der Waals surface area contributed by atoms with Crippen molar-refractivity contribution in [2.24, 2.45) is 17.3 Å². The van der Waals surface area contributed by atoms with E-state index in [0.717, 1.165) is 56.2 Å². The van der Waals surface area contributed by atoms with E-state index < -0.39 is 5.60 Å². The molecule has 4 heteroatoms. The van der Waals surface area contributed by atoms with Crippen LogP contribution in [0.3, 0.4) is 0 Å². The molecule has 40 heavy (non-hydrogen) atoms. The fourth-order valence-electron chi connectivity index (χ4n) is 8.31. The van der Waals surface area contributed by atoms with E-state index in [0.29, 0.717) is 11.8 Å². The van der Waals surface area contributed by atoms with Crippen molar-refractivity contribution in [2.45, 2.75) is 69.5 Å². The van der Waals surface area contributed by atoms with E-state index in [-0.39, 0.29) is 17.4 Å². The largest absolute Gasteiger partial charge is 0.389 e. The van der Waals surface area contributed by atoms with E-state index in [2.05, 4.69) is 97.3 Å². The summed E-state index contributed by atoms with van der Waals surface area (Å²) in [6, 6.07) is 17.4. The van der Waals surface area contributed by atoms with E-state index in [4.69, 9.17) is 0 Å². The normalized spacial score (nSPS) is 32.7. The Hall–Kier alpha value is -3.00. The average Bonchev–Trinajstić information content (AvgIpc) is 3.21. The minimum atomic E-state index is -1.02. The molecule has 0 aliphatic heterocycles. The second-order valence-corrected chi connectivity index (χ2v) is 13.2. The lowest BCUT2D eigenvalue weighted by molar-refractivity contribution is -0.0513. The van der Waals surface area contributed by atoms with Gasteiger partial charge in [-0.05, 0) is 110 Å². The quantitative estimate of drug-likeness (QED) is 0.453. The van der Waals surface area contributed by atoms with Crippen LogP contribution in [0.2, 0.25) is 0 Å². The van der Waals surface area contributed by atoms with Crippen molar-refractivity contribution in [2.75, 3.05) is 38.0 Å². The number of aliphatic hydroxyl groups excluding tert-OH is 1. The van der Waals surface area contributed by atoms with Crippen LogP contribution in [0.5, 0.6) is 0 Å². The summed E-state index contributed by atoms with van der Waals surface area (Å²) >= 11 is 0. The van der Waals surface area contributed by atoms with Crippen molar-refractivity contribution < 1.29 is 10.2 Å². The average molecular weight is 537 g/mol. The summed E-state index contributed by atoms with van der Waals surface area (Å²) in [5, 5.41) is 22.8. The maximum atomic E-state index is 12.3. The maximum absolute atomic E-state index is 12.3. The molecule has 4 aliphatic carbocycles. The molecule has 2 aromatic rings. The summed E-state index contributed by atoms with van der Waals surface area (Å²) in [5.41, 5.74) is 7.81. The molecule has 2 saturated carbocycles. The van der Waals surface area contributed by atoms with Gasteiger partial charge in [0, 0.05) is 56.5 Å². The van der Waals surface area contributed by atoms with Crippen molar-refractivity contribution in [3.05, 3.63) is 82.5 Å². The molecule has 2 fully saturated rings. The van der Waals surface area contributed by atoms with Gasteiger partial charge in [-0.3, -0.25) is 0 Å². The Kier molecular flexibility index (Phi) is 6.88. The lowest BCUT2D eigenvalue weighted by atomic mass is 9.51. The first-order valence-electron chi connectivity index (χ1n) is 15.0. The van der Waals surface area contributed by atoms with Crippen molar-refractivity contribution in [3.8, 4) is 11.8 Å². The van der Waals surface area contributed by atoms with Crippen molar-refractivity contribution >= 4 is 11.4 Å². The van der Waals surface area contributed by atoms with Gasteiger partial charge in [0.05, 0.1) is 6.10 Å². The Labute approximate surface area is 240 Å². The molecule has 0 aromatic heterocycles. The molecule has 0 radical (unpaired) electrons. The summed E-state index contributed by atoms with van der Waals surface area (Å²) < 4.78 is 0. The lowest BCUT2D eigenvalue weighted by Gasteiger charge is -2.54. The fraction of sp³-hybridized carbons (Fsp3) is 0.500. The van der Waals surface area contributed by atoms with Gasteiger partial charge in [0.25, 0.3) is 0 Å². The van der Waals surface area contributed by atoms with Gasteiger partial charge in [0.2, 0.25) is 0 Å². The third-order valence-electron chi connectivity index (χ3n) is 10.6.